The standard InChI is InChI=1S/C11H12N2O/c1-8-6-9(4-3-5-12)7-10(14-2)11(8)13/h3-4,6-7H,13H2,1-2H3. The van der Waals surface area contributed by atoms with E-state index in [0.717, 1.165) is 11.1 Å². The zero-order valence-corrected chi connectivity index (χ0v) is 8.24. The lowest BCUT2D eigenvalue weighted by Crippen LogP contribution is -1.95. The van der Waals surface area contributed by atoms with Crippen LogP contribution in [0.25, 0.3) is 6.08 Å². The molecule has 3 heteroatoms. The van der Waals surface area contributed by atoms with Gasteiger partial charge in [-0.15, -0.1) is 0 Å². The van der Waals surface area contributed by atoms with Crippen molar-refractivity contribution in [3.05, 3.63) is 29.3 Å². The van der Waals surface area contributed by atoms with E-state index in [1.54, 1.807) is 19.3 Å². The van der Waals surface area contributed by atoms with E-state index in [1.165, 1.54) is 6.08 Å². The summed E-state index contributed by atoms with van der Waals surface area (Å²) in [4.78, 5) is 0. The van der Waals surface area contributed by atoms with E-state index in [4.69, 9.17) is 15.7 Å². The van der Waals surface area contributed by atoms with Crippen molar-refractivity contribution in [2.24, 2.45) is 0 Å². The average Bonchev–Trinajstić information content (AvgIpc) is 2.19. The second-order valence-electron chi connectivity index (χ2n) is 2.92. The Morgan fingerprint density at radius 1 is 1.50 bits per heavy atom. The van der Waals surface area contributed by atoms with Crippen molar-refractivity contribution in [1.82, 2.24) is 0 Å². The molecule has 0 amide bonds. The molecule has 0 aliphatic carbocycles. The van der Waals surface area contributed by atoms with Crippen molar-refractivity contribution in [2.45, 2.75) is 6.92 Å². The van der Waals surface area contributed by atoms with E-state index in [0.29, 0.717) is 11.4 Å². The average molecular weight is 188 g/mol. The lowest BCUT2D eigenvalue weighted by atomic mass is 10.1. The summed E-state index contributed by atoms with van der Waals surface area (Å²) in [5.74, 6) is 0.641. The summed E-state index contributed by atoms with van der Waals surface area (Å²) >= 11 is 0. The summed E-state index contributed by atoms with van der Waals surface area (Å²) in [5.41, 5.74) is 8.28. The third kappa shape index (κ3) is 2.05. The number of nitrogens with two attached hydrogens (primary N) is 1. The number of aryl methyl sites for hydroxylation is 1. The van der Waals surface area contributed by atoms with Gasteiger partial charge in [0.2, 0.25) is 0 Å². The molecule has 0 aromatic heterocycles. The minimum atomic E-state index is 0.640. The summed E-state index contributed by atoms with van der Waals surface area (Å²) in [6, 6.07) is 5.65. The van der Waals surface area contributed by atoms with Crippen molar-refractivity contribution in [3.63, 3.8) is 0 Å². The quantitative estimate of drug-likeness (QED) is 0.571. The Morgan fingerprint density at radius 2 is 2.21 bits per heavy atom. The Labute approximate surface area is 83.4 Å². The fourth-order valence-electron chi connectivity index (χ4n) is 1.19. The highest BCUT2D eigenvalue weighted by Crippen LogP contribution is 2.27. The van der Waals surface area contributed by atoms with Crippen molar-refractivity contribution >= 4 is 11.8 Å². The third-order valence-corrected chi connectivity index (χ3v) is 1.94. The molecule has 0 bridgehead atoms. The molecule has 0 saturated carbocycles. The van der Waals surface area contributed by atoms with Crippen LogP contribution in [0.15, 0.2) is 18.2 Å². The molecule has 0 aliphatic heterocycles. The van der Waals surface area contributed by atoms with Crippen molar-refractivity contribution in [1.29, 1.82) is 5.26 Å². The number of ether oxygens (including phenoxy) is 1. The second kappa shape index (κ2) is 4.33. The summed E-state index contributed by atoms with van der Waals surface area (Å²) < 4.78 is 5.10. The Balaban J connectivity index is 3.17. The molecule has 14 heavy (non-hydrogen) atoms. The molecule has 1 aromatic carbocycles. The van der Waals surface area contributed by atoms with Gasteiger partial charge < -0.3 is 10.5 Å². The molecule has 0 saturated heterocycles. The highest BCUT2D eigenvalue weighted by molar-refractivity contribution is 5.65. The second-order valence-corrected chi connectivity index (χ2v) is 2.92. The molecule has 2 N–H and O–H groups in total. The van der Waals surface area contributed by atoms with E-state index in [2.05, 4.69) is 0 Å². The van der Waals surface area contributed by atoms with E-state index in [1.807, 2.05) is 19.1 Å². The molecule has 0 unspecified atom stereocenters. The molecule has 0 aliphatic rings. The van der Waals surface area contributed by atoms with Crippen molar-refractivity contribution in [3.8, 4) is 11.8 Å². The zero-order valence-electron chi connectivity index (χ0n) is 8.24. The van der Waals surface area contributed by atoms with Gasteiger partial charge in [0.1, 0.15) is 5.75 Å². The van der Waals surface area contributed by atoms with Crippen LogP contribution >= 0.6 is 0 Å². The lowest BCUT2D eigenvalue weighted by molar-refractivity contribution is 0.416. The van der Waals surface area contributed by atoms with Crippen LogP contribution in [-0.2, 0) is 0 Å². The number of hydrogen-bond donors (Lipinski definition) is 1. The van der Waals surface area contributed by atoms with E-state index in [9.17, 15) is 0 Å². The molecule has 3 nitrogen and oxygen atoms in total. The molecule has 0 radical (unpaired) electrons. The molecule has 72 valence electrons. The first-order chi connectivity index (χ1) is 6.69. The predicted molar refractivity (Wildman–Crippen MR) is 56.8 cm³/mol. The maximum absolute atomic E-state index is 8.39. The first kappa shape index (κ1) is 10.1. The number of methoxy groups -OCH3 is 1. The zero-order chi connectivity index (χ0) is 10.6. The summed E-state index contributed by atoms with van der Waals surface area (Å²) in [5, 5.41) is 8.39. The largest absolute Gasteiger partial charge is 0.495 e. The molecule has 0 spiro atoms. The van der Waals surface area contributed by atoms with Crippen LogP contribution in [0.3, 0.4) is 0 Å². The van der Waals surface area contributed by atoms with Crippen molar-refractivity contribution in [2.75, 3.05) is 12.8 Å². The SMILES string of the molecule is COc1cc(C=CC#N)cc(C)c1N. The van der Waals surface area contributed by atoms with E-state index < -0.39 is 0 Å². The first-order valence-corrected chi connectivity index (χ1v) is 4.19. The van der Waals surface area contributed by atoms with E-state index in [-0.39, 0.29) is 0 Å². The molecule has 0 fully saturated rings. The first-order valence-electron chi connectivity index (χ1n) is 4.19. The van der Waals surface area contributed by atoms with Crippen LogP contribution in [-0.4, -0.2) is 7.11 Å². The maximum atomic E-state index is 8.39. The highest BCUT2D eigenvalue weighted by Gasteiger charge is 2.03. The Bertz CT molecular complexity index is 402. The van der Waals surface area contributed by atoms with Crippen LogP contribution in [0.5, 0.6) is 5.75 Å². The van der Waals surface area contributed by atoms with Gasteiger partial charge in [0.05, 0.1) is 18.9 Å². The smallest absolute Gasteiger partial charge is 0.142 e. The van der Waals surface area contributed by atoms with E-state index >= 15 is 0 Å². The topological polar surface area (TPSA) is 59.0 Å². The number of anilines is 1. The van der Waals surface area contributed by atoms with Gasteiger partial charge in [-0.3, -0.25) is 0 Å². The molecular formula is C11H12N2O. The molecular weight excluding hydrogens is 176 g/mol. The van der Waals surface area contributed by atoms with Crippen molar-refractivity contribution < 1.29 is 4.74 Å². The van der Waals surface area contributed by atoms with Crippen LogP contribution in [0.4, 0.5) is 5.69 Å². The van der Waals surface area contributed by atoms with Crippen LogP contribution < -0.4 is 10.5 Å². The van der Waals surface area contributed by atoms with Gasteiger partial charge in [0.25, 0.3) is 0 Å². The number of allylic oxidation sites excluding steroid dienone is 1. The minimum Gasteiger partial charge on any atom is -0.495 e. The maximum Gasteiger partial charge on any atom is 0.142 e. The molecule has 1 aromatic rings. The van der Waals surface area contributed by atoms with Crippen LogP contribution in [0, 0.1) is 18.3 Å². The number of rotatable bonds is 2. The molecule has 0 atom stereocenters. The number of nitrogens with zero attached hydrogens (tertiary/aromatic N) is 1. The number of nitrogen functional groups attached to an aromatic ring is 1. The Kier molecular flexibility index (Phi) is 3.14. The van der Waals surface area contributed by atoms with Gasteiger partial charge in [-0.1, -0.05) is 0 Å². The number of hydrogen-bond acceptors (Lipinski definition) is 3. The number of nitriles is 1. The fourth-order valence-corrected chi connectivity index (χ4v) is 1.19. The van der Waals surface area contributed by atoms with Gasteiger partial charge in [-0.25, -0.2) is 0 Å². The summed E-state index contributed by atoms with van der Waals surface area (Å²) in [7, 11) is 1.57. The van der Waals surface area contributed by atoms with Gasteiger partial charge in [-0.05, 0) is 36.3 Å². The predicted octanol–water partition coefficient (Wildman–Crippen LogP) is 2.12. The lowest BCUT2D eigenvalue weighted by Gasteiger charge is -2.08. The Hall–Kier alpha value is -1.95. The van der Waals surface area contributed by atoms with Crippen LogP contribution in [0.1, 0.15) is 11.1 Å². The Morgan fingerprint density at radius 3 is 2.79 bits per heavy atom. The van der Waals surface area contributed by atoms with Gasteiger partial charge in [-0.2, -0.15) is 5.26 Å². The van der Waals surface area contributed by atoms with Crippen LogP contribution in [0.2, 0.25) is 0 Å². The summed E-state index contributed by atoms with van der Waals surface area (Å²) in [6.07, 6.45) is 3.14. The fraction of sp³-hybridized carbons (Fsp3) is 0.182. The van der Waals surface area contributed by atoms with Gasteiger partial charge in [0.15, 0.2) is 0 Å². The molecule has 1 rings (SSSR count). The highest BCUT2D eigenvalue weighted by atomic mass is 16.5. The molecule has 0 heterocycles. The third-order valence-electron chi connectivity index (χ3n) is 1.94. The van der Waals surface area contributed by atoms with Gasteiger partial charge in [0, 0.05) is 6.08 Å². The minimum absolute atomic E-state index is 0.640. The summed E-state index contributed by atoms with van der Waals surface area (Å²) in [6.45, 7) is 1.90. The monoisotopic (exact) mass is 188 g/mol. The van der Waals surface area contributed by atoms with Gasteiger partial charge >= 0.3 is 0 Å². The normalized spacial score (nSPS) is 10.1. The number of benzene rings is 1.